The minimum atomic E-state index is 0.903. The molecule has 2 aliphatic rings. The van der Waals surface area contributed by atoms with Crippen molar-refractivity contribution in [3.63, 3.8) is 0 Å². The van der Waals surface area contributed by atoms with Gasteiger partial charge >= 0.3 is 0 Å². The summed E-state index contributed by atoms with van der Waals surface area (Å²) in [4.78, 5) is 2.52. The first-order valence-corrected chi connectivity index (χ1v) is 19.1. The van der Waals surface area contributed by atoms with Gasteiger partial charge in [-0.3, -0.25) is 0 Å². The standard InChI is InChI=1S/C52H37NO/c1-2-15-38-33-51-47(32-37(38)14-1)52-46(22-11-25-50(52)54-51)44-19-7-8-23-48(44)53(49-24-10-21-43-42-18-6-4-13-35(42)28-31-45(43)49)39-29-26-36(27-30-39)41-20-9-16-34-12-3-5-17-40(34)41/h1-5,7-17,19-27,29-30,32-33H,6,18,28,31H2. The molecule has 0 saturated heterocycles. The van der Waals surface area contributed by atoms with Crippen LogP contribution in [0.1, 0.15) is 30.4 Å². The van der Waals surface area contributed by atoms with Gasteiger partial charge in [0.05, 0.1) is 5.69 Å². The van der Waals surface area contributed by atoms with Gasteiger partial charge in [-0.25, -0.2) is 0 Å². The molecule has 256 valence electrons. The number of allylic oxidation sites excluding steroid dienone is 4. The summed E-state index contributed by atoms with van der Waals surface area (Å²) in [5.41, 5.74) is 16.0. The van der Waals surface area contributed by atoms with Crippen LogP contribution in [0.5, 0.6) is 0 Å². The molecular weight excluding hydrogens is 655 g/mol. The molecule has 0 N–H and O–H groups in total. The van der Waals surface area contributed by atoms with Gasteiger partial charge in [0.25, 0.3) is 0 Å². The van der Waals surface area contributed by atoms with Gasteiger partial charge in [0.15, 0.2) is 0 Å². The molecule has 1 aromatic heterocycles. The van der Waals surface area contributed by atoms with Crippen LogP contribution in [0.25, 0.3) is 71.3 Å². The molecule has 0 saturated carbocycles. The van der Waals surface area contributed by atoms with Crippen molar-refractivity contribution >= 4 is 66.1 Å². The summed E-state index contributed by atoms with van der Waals surface area (Å²) in [6.07, 6.45) is 8.99. The Hall–Kier alpha value is -6.64. The topological polar surface area (TPSA) is 16.4 Å². The maximum atomic E-state index is 6.58. The highest BCUT2D eigenvalue weighted by molar-refractivity contribution is 6.16. The summed E-state index contributed by atoms with van der Waals surface area (Å²) in [6.45, 7) is 0. The molecule has 8 aromatic carbocycles. The fourth-order valence-electron chi connectivity index (χ4n) is 9.15. The molecule has 9 aromatic rings. The largest absolute Gasteiger partial charge is 0.456 e. The average Bonchev–Trinajstić information content (AvgIpc) is 3.61. The number of para-hydroxylation sites is 1. The molecular formula is C52H37NO. The van der Waals surface area contributed by atoms with E-state index in [1.807, 2.05) is 0 Å². The van der Waals surface area contributed by atoms with Crippen molar-refractivity contribution in [2.24, 2.45) is 0 Å². The lowest BCUT2D eigenvalue weighted by Crippen LogP contribution is -2.16. The third-order valence-corrected chi connectivity index (χ3v) is 11.7. The van der Waals surface area contributed by atoms with Crippen LogP contribution in [0.2, 0.25) is 0 Å². The third-order valence-electron chi connectivity index (χ3n) is 11.7. The molecule has 1 heterocycles. The van der Waals surface area contributed by atoms with Gasteiger partial charge in [0.1, 0.15) is 11.2 Å². The molecule has 0 radical (unpaired) electrons. The van der Waals surface area contributed by atoms with Gasteiger partial charge in [0, 0.05) is 27.7 Å². The van der Waals surface area contributed by atoms with E-state index in [1.165, 1.54) is 71.8 Å². The lowest BCUT2D eigenvalue weighted by atomic mass is 9.80. The van der Waals surface area contributed by atoms with Gasteiger partial charge in [-0.1, -0.05) is 133 Å². The van der Waals surface area contributed by atoms with Crippen LogP contribution in [0.15, 0.2) is 186 Å². The molecule has 0 unspecified atom stereocenters. The Kier molecular flexibility index (Phi) is 7.16. The highest BCUT2D eigenvalue weighted by Crippen LogP contribution is 2.49. The Labute approximate surface area is 314 Å². The SMILES string of the molecule is C1=CC2=C(CC1)c1cccc(N(c3ccc(-c4cccc5ccccc45)cc3)c3ccccc3-c3cccc4oc5cc6ccccc6cc5c34)c1CC2. The fraction of sp³-hybridized carbons (Fsp3) is 0.0769. The number of anilines is 3. The maximum absolute atomic E-state index is 6.58. The lowest BCUT2D eigenvalue weighted by Gasteiger charge is -2.33. The van der Waals surface area contributed by atoms with Crippen LogP contribution in [0, 0.1) is 0 Å². The molecule has 0 atom stereocenters. The van der Waals surface area contributed by atoms with Crippen LogP contribution < -0.4 is 4.90 Å². The monoisotopic (exact) mass is 691 g/mol. The number of nitrogens with zero attached hydrogens (tertiary/aromatic N) is 1. The summed E-state index contributed by atoms with van der Waals surface area (Å²) >= 11 is 0. The smallest absolute Gasteiger partial charge is 0.136 e. The van der Waals surface area contributed by atoms with Gasteiger partial charge in [-0.2, -0.15) is 0 Å². The van der Waals surface area contributed by atoms with E-state index < -0.39 is 0 Å². The molecule has 54 heavy (non-hydrogen) atoms. The molecule has 2 aliphatic carbocycles. The average molecular weight is 692 g/mol. The predicted molar refractivity (Wildman–Crippen MR) is 228 cm³/mol. The second kappa shape index (κ2) is 12.5. The molecule has 0 fully saturated rings. The van der Waals surface area contributed by atoms with Crippen molar-refractivity contribution in [3.8, 4) is 22.3 Å². The minimum Gasteiger partial charge on any atom is -0.456 e. The van der Waals surface area contributed by atoms with Crippen LogP contribution in [0.4, 0.5) is 17.1 Å². The Bertz CT molecular complexity index is 2990. The molecule has 11 rings (SSSR count). The molecule has 0 aliphatic heterocycles. The quantitative estimate of drug-likeness (QED) is 0.179. The molecule has 0 bridgehead atoms. The fourth-order valence-corrected chi connectivity index (χ4v) is 9.15. The highest BCUT2D eigenvalue weighted by Gasteiger charge is 2.27. The van der Waals surface area contributed by atoms with Crippen molar-refractivity contribution in [3.05, 3.63) is 193 Å². The van der Waals surface area contributed by atoms with Crippen LogP contribution in [-0.2, 0) is 6.42 Å². The summed E-state index contributed by atoms with van der Waals surface area (Å²) in [5, 5.41) is 7.21. The van der Waals surface area contributed by atoms with Crippen LogP contribution in [0.3, 0.4) is 0 Å². The number of furan rings is 1. The van der Waals surface area contributed by atoms with E-state index in [4.69, 9.17) is 4.42 Å². The second-order valence-corrected chi connectivity index (χ2v) is 14.7. The zero-order chi connectivity index (χ0) is 35.6. The van der Waals surface area contributed by atoms with Crippen molar-refractivity contribution in [1.29, 1.82) is 0 Å². The molecule has 0 spiro atoms. The van der Waals surface area contributed by atoms with Crippen molar-refractivity contribution < 1.29 is 4.42 Å². The number of hydrogen-bond donors (Lipinski definition) is 0. The second-order valence-electron chi connectivity index (χ2n) is 14.7. The first-order valence-electron chi connectivity index (χ1n) is 19.1. The molecule has 0 amide bonds. The van der Waals surface area contributed by atoms with E-state index in [-0.39, 0.29) is 0 Å². The Balaban J connectivity index is 1.14. The van der Waals surface area contributed by atoms with Gasteiger partial charge < -0.3 is 9.32 Å². The van der Waals surface area contributed by atoms with Gasteiger partial charge in [-0.15, -0.1) is 0 Å². The summed E-state index contributed by atoms with van der Waals surface area (Å²) in [7, 11) is 0. The number of hydrogen-bond acceptors (Lipinski definition) is 2. The van der Waals surface area contributed by atoms with Crippen molar-refractivity contribution in [1.82, 2.24) is 0 Å². The zero-order valence-electron chi connectivity index (χ0n) is 29.9. The first kappa shape index (κ1) is 30.9. The van der Waals surface area contributed by atoms with Crippen molar-refractivity contribution in [2.75, 3.05) is 4.90 Å². The van der Waals surface area contributed by atoms with E-state index in [9.17, 15) is 0 Å². The van der Waals surface area contributed by atoms with Crippen LogP contribution >= 0.6 is 0 Å². The molecule has 2 heteroatoms. The summed E-state index contributed by atoms with van der Waals surface area (Å²) < 4.78 is 6.58. The van der Waals surface area contributed by atoms with Gasteiger partial charge in [-0.05, 0) is 129 Å². The zero-order valence-corrected chi connectivity index (χ0v) is 29.9. The Morgan fingerprint density at radius 1 is 0.463 bits per heavy atom. The van der Waals surface area contributed by atoms with Crippen molar-refractivity contribution in [2.45, 2.75) is 25.7 Å². The van der Waals surface area contributed by atoms with E-state index in [1.54, 1.807) is 0 Å². The Morgan fingerprint density at radius 2 is 1.15 bits per heavy atom. The van der Waals surface area contributed by atoms with E-state index >= 15 is 0 Å². The minimum absolute atomic E-state index is 0.903. The number of fused-ring (bicyclic) bond motifs is 7. The maximum Gasteiger partial charge on any atom is 0.136 e. The highest BCUT2D eigenvalue weighted by atomic mass is 16.3. The first-order chi connectivity index (χ1) is 26.8. The molecule has 2 nitrogen and oxygen atoms in total. The number of rotatable bonds is 5. The third kappa shape index (κ3) is 4.94. The van der Waals surface area contributed by atoms with E-state index in [2.05, 4.69) is 181 Å². The normalized spacial score (nSPS) is 13.9. The Morgan fingerprint density at radius 3 is 2.06 bits per heavy atom. The van der Waals surface area contributed by atoms with E-state index in [0.29, 0.717) is 0 Å². The van der Waals surface area contributed by atoms with Gasteiger partial charge in [0.2, 0.25) is 0 Å². The van der Waals surface area contributed by atoms with Crippen LogP contribution in [-0.4, -0.2) is 0 Å². The lowest BCUT2D eigenvalue weighted by molar-refractivity contribution is 0.669. The predicted octanol–water partition coefficient (Wildman–Crippen LogP) is 14.7. The number of benzene rings is 8. The summed E-state index contributed by atoms with van der Waals surface area (Å²) in [5.74, 6) is 0. The van der Waals surface area contributed by atoms with E-state index in [0.717, 1.165) is 59.0 Å². The summed E-state index contributed by atoms with van der Waals surface area (Å²) in [6, 6.07) is 59.9.